The molecule has 0 fully saturated rings. The average molecular weight is 367 g/mol. The van der Waals surface area contributed by atoms with E-state index < -0.39 is 10.0 Å². The molecule has 0 unspecified atom stereocenters. The van der Waals surface area contributed by atoms with Crippen molar-refractivity contribution in [2.45, 2.75) is 32.6 Å². The number of thiophene rings is 1. The van der Waals surface area contributed by atoms with Crippen molar-refractivity contribution in [3.8, 4) is 0 Å². The number of aryl methyl sites for hydroxylation is 2. The molecule has 0 atom stereocenters. The molecule has 130 valence electrons. The molecule has 1 heterocycles. The first kappa shape index (κ1) is 18.6. The average Bonchev–Trinajstić information content (AvgIpc) is 3.02. The number of carbonyl (C=O) groups is 1. The number of hydrogen-bond acceptors (Lipinski definition) is 4. The molecule has 0 saturated carbocycles. The predicted molar refractivity (Wildman–Crippen MR) is 98.3 cm³/mol. The van der Waals surface area contributed by atoms with Crippen molar-refractivity contribution in [2.24, 2.45) is 0 Å². The van der Waals surface area contributed by atoms with Gasteiger partial charge in [-0.3, -0.25) is 4.79 Å². The van der Waals surface area contributed by atoms with Gasteiger partial charge < -0.3 is 5.32 Å². The summed E-state index contributed by atoms with van der Waals surface area (Å²) in [6.45, 7) is 8.26. The maximum Gasteiger partial charge on any atom is 0.265 e. The fraction of sp³-hybridized carbons (Fsp3) is 0.353. The van der Waals surface area contributed by atoms with Gasteiger partial charge in [-0.05, 0) is 37.1 Å². The molecule has 1 N–H and O–H groups in total. The maximum absolute atomic E-state index is 12.5. The first-order chi connectivity index (χ1) is 11.3. The van der Waals surface area contributed by atoms with Crippen LogP contribution >= 0.6 is 11.3 Å². The van der Waals surface area contributed by atoms with E-state index in [0.29, 0.717) is 18.0 Å². The van der Waals surface area contributed by atoms with Gasteiger partial charge in [0.25, 0.3) is 5.91 Å². The summed E-state index contributed by atoms with van der Waals surface area (Å²) in [4.78, 5) is 13.0. The predicted octanol–water partition coefficient (Wildman–Crippen LogP) is 3.65. The topological polar surface area (TPSA) is 66.5 Å². The molecule has 0 aliphatic rings. The molecule has 1 aromatic carbocycles. The second-order valence-electron chi connectivity index (χ2n) is 5.51. The van der Waals surface area contributed by atoms with E-state index >= 15 is 0 Å². The summed E-state index contributed by atoms with van der Waals surface area (Å²) < 4.78 is 26.4. The van der Waals surface area contributed by atoms with Gasteiger partial charge in [-0.25, -0.2) is 8.42 Å². The van der Waals surface area contributed by atoms with Crippen molar-refractivity contribution < 1.29 is 13.2 Å². The molecule has 0 saturated heterocycles. The molecule has 0 radical (unpaired) electrons. The molecule has 0 spiro atoms. The van der Waals surface area contributed by atoms with Crippen LogP contribution in [0.1, 0.15) is 34.6 Å². The van der Waals surface area contributed by atoms with E-state index in [4.69, 9.17) is 0 Å². The Hall–Kier alpha value is -1.70. The molecular weight excluding hydrogens is 344 g/mol. The van der Waals surface area contributed by atoms with Gasteiger partial charge in [0.05, 0.1) is 9.77 Å². The molecule has 2 rings (SSSR count). The van der Waals surface area contributed by atoms with Crippen molar-refractivity contribution in [3.63, 3.8) is 0 Å². The molecule has 1 aromatic heterocycles. The SMILES string of the molecule is CCN(CC)S(=O)(=O)c1csc(C(=O)Nc2cc(C)ccc2C)c1. The summed E-state index contributed by atoms with van der Waals surface area (Å²) in [5.41, 5.74) is 2.75. The Bertz CT molecular complexity index is 837. The Morgan fingerprint density at radius 2 is 1.83 bits per heavy atom. The van der Waals surface area contributed by atoms with Crippen molar-refractivity contribution in [3.05, 3.63) is 45.6 Å². The van der Waals surface area contributed by atoms with Gasteiger partial charge in [-0.1, -0.05) is 26.0 Å². The second-order valence-corrected chi connectivity index (χ2v) is 8.36. The van der Waals surface area contributed by atoms with Gasteiger partial charge in [-0.2, -0.15) is 4.31 Å². The highest BCUT2D eigenvalue weighted by molar-refractivity contribution is 7.89. The van der Waals surface area contributed by atoms with Crippen LogP contribution in [0.5, 0.6) is 0 Å². The summed E-state index contributed by atoms with van der Waals surface area (Å²) in [5, 5.41) is 4.37. The quantitative estimate of drug-likeness (QED) is 0.849. The van der Waals surface area contributed by atoms with Crippen molar-refractivity contribution in [2.75, 3.05) is 18.4 Å². The second kappa shape index (κ2) is 7.46. The standard InChI is InChI=1S/C17H22N2O3S2/c1-5-19(6-2)24(21,22)14-10-16(23-11-14)17(20)18-15-9-12(3)7-8-13(15)4/h7-11H,5-6H2,1-4H3,(H,18,20). The van der Waals surface area contributed by atoms with Gasteiger partial charge >= 0.3 is 0 Å². The van der Waals surface area contributed by atoms with Crippen molar-refractivity contribution >= 4 is 33.0 Å². The van der Waals surface area contributed by atoms with Crippen LogP contribution in [0.3, 0.4) is 0 Å². The molecule has 0 aliphatic heterocycles. The van der Waals surface area contributed by atoms with Crippen molar-refractivity contribution in [1.82, 2.24) is 4.31 Å². The van der Waals surface area contributed by atoms with Crippen LogP contribution in [0.25, 0.3) is 0 Å². The molecule has 7 heteroatoms. The van der Waals surface area contributed by atoms with E-state index in [2.05, 4.69) is 5.32 Å². The Morgan fingerprint density at radius 1 is 1.17 bits per heavy atom. The number of rotatable bonds is 6. The van der Waals surface area contributed by atoms with Gasteiger partial charge in [-0.15, -0.1) is 11.3 Å². The highest BCUT2D eigenvalue weighted by Crippen LogP contribution is 2.24. The first-order valence-electron chi connectivity index (χ1n) is 7.76. The molecule has 0 bridgehead atoms. The zero-order chi connectivity index (χ0) is 17.9. The summed E-state index contributed by atoms with van der Waals surface area (Å²) >= 11 is 1.13. The van der Waals surface area contributed by atoms with E-state index in [1.54, 1.807) is 13.8 Å². The highest BCUT2D eigenvalue weighted by atomic mass is 32.2. The van der Waals surface area contributed by atoms with Crippen LogP contribution in [0.15, 0.2) is 34.5 Å². The zero-order valence-corrected chi connectivity index (χ0v) is 15.9. The van der Waals surface area contributed by atoms with Gasteiger partial charge in [0.1, 0.15) is 0 Å². The van der Waals surface area contributed by atoms with Crippen LogP contribution in [0.2, 0.25) is 0 Å². The summed E-state index contributed by atoms with van der Waals surface area (Å²) in [6.07, 6.45) is 0. The lowest BCUT2D eigenvalue weighted by atomic mass is 10.1. The minimum Gasteiger partial charge on any atom is -0.321 e. The number of hydrogen-bond donors (Lipinski definition) is 1. The molecular formula is C17H22N2O3S2. The summed E-state index contributed by atoms with van der Waals surface area (Å²) in [6, 6.07) is 7.26. The third kappa shape index (κ3) is 3.85. The Balaban J connectivity index is 2.24. The lowest BCUT2D eigenvalue weighted by molar-refractivity contribution is 0.103. The molecule has 2 aromatic rings. The van der Waals surface area contributed by atoms with E-state index in [1.165, 1.54) is 15.8 Å². The molecule has 0 aliphatic carbocycles. The van der Waals surface area contributed by atoms with E-state index in [-0.39, 0.29) is 10.8 Å². The Morgan fingerprint density at radius 3 is 2.46 bits per heavy atom. The third-order valence-corrected chi connectivity index (χ3v) is 6.89. The molecule has 24 heavy (non-hydrogen) atoms. The smallest absolute Gasteiger partial charge is 0.265 e. The fourth-order valence-electron chi connectivity index (χ4n) is 2.34. The number of nitrogens with one attached hydrogen (secondary N) is 1. The van der Waals surface area contributed by atoms with E-state index in [0.717, 1.165) is 28.2 Å². The monoisotopic (exact) mass is 366 g/mol. The fourth-order valence-corrected chi connectivity index (χ4v) is 4.95. The number of nitrogens with zero attached hydrogens (tertiary/aromatic N) is 1. The highest BCUT2D eigenvalue weighted by Gasteiger charge is 2.24. The largest absolute Gasteiger partial charge is 0.321 e. The number of benzene rings is 1. The number of carbonyl (C=O) groups excluding carboxylic acids is 1. The van der Waals surface area contributed by atoms with Crippen LogP contribution in [-0.2, 0) is 10.0 Å². The Labute approximate surface area is 147 Å². The minimum absolute atomic E-state index is 0.169. The first-order valence-corrected chi connectivity index (χ1v) is 10.1. The lowest BCUT2D eigenvalue weighted by Gasteiger charge is -2.17. The normalized spacial score (nSPS) is 11.7. The van der Waals surface area contributed by atoms with Gasteiger partial charge in [0.15, 0.2) is 0 Å². The number of sulfonamides is 1. The summed E-state index contributed by atoms with van der Waals surface area (Å²) in [5.74, 6) is -0.297. The maximum atomic E-state index is 12.5. The lowest BCUT2D eigenvalue weighted by Crippen LogP contribution is -2.30. The van der Waals surface area contributed by atoms with Crippen molar-refractivity contribution in [1.29, 1.82) is 0 Å². The van der Waals surface area contributed by atoms with Crippen LogP contribution in [-0.4, -0.2) is 31.7 Å². The van der Waals surface area contributed by atoms with Crippen LogP contribution in [0.4, 0.5) is 5.69 Å². The third-order valence-electron chi connectivity index (χ3n) is 3.78. The van der Waals surface area contributed by atoms with Crippen LogP contribution in [0, 0.1) is 13.8 Å². The van der Waals surface area contributed by atoms with Gasteiger partial charge in [0, 0.05) is 24.2 Å². The number of amides is 1. The van der Waals surface area contributed by atoms with E-state index in [1.807, 2.05) is 32.0 Å². The minimum atomic E-state index is -3.54. The van der Waals surface area contributed by atoms with Crippen LogP contribution < -0.4 is 5.32 Å². The molecule has 5 nitrogen and oxygen atoms in total. The number of anilines is 1. The summed E-state index contributed by atoms with van der Waals surface area (Å²) in [7, 11) is -3.54. The Kier molecular flexibility index (Phi) is 5.79. The molecule has 1 amide bonds. The van der Waals surface area contributed by atoms with Gasteiger partial charge in [0.2, 0.25) is 10.0 Å². The zero-order valence-electron chi connectivity index (χ0n) is 14.3. The van der Waals surface area contributed by atoms with E-state index in [9.17, 15) is 13.2 Å².